The van der Waals surface area contributed by atoms with E-state index in [4.69, 9.17) is 4.52 Å². The van der Waals surface area contributed by atoms with Gasteiger partial charge in [0.05, 0.1) is 0 Å². The van der Waals surface area contributed by atoms with Crippen LogP contribution in [0, 0.1) is 6.92 Å². The molecule has 0 aromatic carbocycles. The van der Waals surface area contributed by atoms with Gasteiger partial charge in [0.2, 0.25) is 21.7 Å². The lowest BCUT2D eigenvalue weighted by atomic mass is 10.3. The summed E-state index contributed by atoms with van der Waals surface area (Å²) in [5, 5.41) is 5.46. The molecule has 114 valence electrons. The van der Waals surface area contributed by atoms with Gasteiger partial charge in [-0.25, -0.2) is 13.1 Å². The molecule has 0 aliphatic rings. The molecule has 7 nitrogen and oxygen atoms in total. The fourth-order valence-corrected chi connectivity index (χ4v) is 3.96. The van der Waals surface area contributed by atoms with E-state index in [1.54, 1.807) is 36.8 Å². The maximum Gasteiger partial charge on any atom is 0.250 e. The molecule has 0 atom stereocenters. The van der Waals surface area contributed by atoms with Gasteiger partial charge >= 0.3 is 0 Å². The van der Waals surface area contributed by atoms with Gasteiger partial charge in [-0.3, -0.25) is 4.98 Å². The van der Waals surface area contributed by atoms with E-state index in [1.165, 1.54) is 6.07 Å². The number of aromatic nitrogens is 3. The molecule has 0 aliphatic heterocycles. The van der Waals surface area contributed by atoms with Crippen molar-refractivity contribution >= 4 is 21.4 Å². The normalized spacial score (nSPS) is 11.7. The lowest BCUT2D eigenvalue weighted by Gasteiger charge is -2.04. The summed E-state index contributed by atoms with van der Waals surface area (Å²) in [5.41, 5.74) is 1.40. The number of nitrogens with zero attached hydrogens (tertiary/aromatic N) is 3. The number of rotatable bonds is 5. The molecule has 0 aliphatic carbocycles. The highest BCUT2D eigenvalue weighted by atomic mass is 32.2. The summed E-state index contributed by atoms with van der Waals surface area (Å²) < 4.78 is 32.2. The number of aryl methyl sites for hydroxylation is 1. The second kappa shape index (κ2) is 5.95. The van der Waals surface area contributed by atoms with E-state index in [9.17, 15) is 8.42 Å². The zero-order valence-corrected chi connectivity index (χ0v) is 13.2. The zero-order chi connectivity index (χ0) is 15.6. The van der Waals surface area contributed by atoms with Gasteiger partial charge in [0.1, 0.15) is 4.21 Å². The summed E-state index contributed by atoms with van der Waals surface area (Å²) in [6.07, 6.45) is 3.25. The van der Waals surface area contributed by atoms with E-state index < -0.39 is 10.0 Å². The van der Waals surface area contributed by atoms with E-state index >= 15 is 0 Å². The third-order valence-electron chi connectivity index (χ3n) is 2.82. The Morgan fingerprint density at radius 3 is 2.95 bits per heavy atom. The number of pyridine rings is 1. The smallest absolute Gasteiger partial charge is 0.250 e. The van der Waals surface area contributed by atoms with Gasteiger partial charge in [-0.2, -0.15) is 4.98 Å². The molecular formula is C13H12N4O3S2. The van der Waals surface area contributed by atoms with Crippen LogP contribution in [0.3, 0.4) is 0 Å². The Balaban J connectivity index is 1.77. The van der Waals surface area contributed by atoms with Crippen LogP contribution in [0.15, 0.2) is 44.7 Å². The Kier molecular flexibility index (Phi) is 4.01. The van der Waals surface area contributed by atoms with Crippen molar-refractivity contribution in [2.24, 2.45) is 0 Å². The van der Waals surface area contributed by atoms with Crippen molar-refractivity contribution in [2.45, 2.75) is 17.7 Å². The summed E-state index contributed by atoms with van der Waals surface area (Å²) in [6.45, 7) is 1.86. The van der Waals surface area contributed by atoms with Crippen LogP contribution in [0.25, 0.3) is 11.4 Å². The quantitative estimate of drug-likeness (QED) is 0.765. The van der Waals surface area contributed by atoms with Crippen molar-refractivity contribution in [3.05, 3.63) is 47.4 Å². The summed E-state index contributed by atoms with van der Waals surface area (Å²) in [5.74, 6) is 0.808. The molecule has 3 aromatic rings. The third-order valence-corrected chi connectivity index (χ3v) is 5.66. The van der Waals surface area contributed by atoms with E-state index in [0.29, 0.717) is 17.3 Å². The Bertz CT molecular complexity index is 872. The Labute approximate surface area is 131 Å². The first-order valence-electron chi connectivity index (χ1n) is 6.32. The first-order chi connectivity index (χ1) is 10.5. The van der Waals surface area contributed by atoms with Crippen LogP contribution in [0.4, 0.5) is 0 Å². The highest BCUT2D eigenvalue weighted by Crippen LogP contribution is 2.26. The van der Waals surface area contributed by atoms with Crippen LogP contribution >= 0.6 is 11.3 Å². The van der Waals surface area contributed by atoms with E-state index in [0.717, 1.165) is 16.9 Å². The molecule has 3 rings (SSSR count). The molecule has 22 heavy (non-hydrogen) atoms. The van der Waals surface area contributed by atoms with Crippen molar-refractivity contribution in [1.82, 2.24) is 19.8 Å². The molecular weight excluding hydrogens is 324 g/mol. The van der Waals surface area contributed by atoms with Gasteiger partial charge < -0.3 is 4.52 Å². The number of hydrogen-bond acceptors (Lipinski definition) is 7. The SMILES string of the molecule is Cc1nc(-c2csc(S(=O)(=O)NCc3cccnc3)c2)no1. The Morgan fingerprint density at radius 2 is 2.27 bits per heavy atom. The minimum atomic E-state index is -3.58. The predicted molar refractivity (Wildman–Crippen MR) is 80.6 cm³/mol. The molecule has 0 saturated carbocycles. The Hall–Kier alpha value is -2.10. The van der Waals surface area contributed by atoms with Crippen molar-refractivity contribution in [3.63, 3.8) is 0 Å². The second-order valence-electron chi connectivity index (χ2n) is 4.48. The zero-order valence-electron chi connectivity index (χ0n) is 11.6. The molecule has 3 heterocycles. The summed E-state index contributed by atoms with van der Waals surface area (Å²) in [4.78, 5) is 8.02. The minimum absolute atomic E-state index is 0.185. The van der Waals surface area contributed by atoms with Crippen LogP contribution in [0.2, 0.25) is 0 Å². The fourth-order valence-electron chi connectivity index (χ4n) is 1.74. The predicted octanol–water partition coefficient (Wildman–Crippen LogP) is 1.98. The molecule has 0 radical (unpaired) electrons. The van der Waals surface area contributed by atoms with Gasteiger partial charge in [0.25, 0.3) is 0 Å². The molecule has 0 amide bonds. The lowest BCUT2D eigenvalue weighted by molar-refractivity contribution is 0.394. The lowest BCUT2D eigenvalue weighted by Crippen LogP contribution is -2.22. The summed E-state index contributed by atoms with van der Waals surface area (Å²) in [6, 6.07) is 5.09. The molecule has 0 bridgehead atoms. The van der Waals surface area contributed by atoms with Gasteiger partial charge in [-0.15, -0.1) is 11.3 Å². The van der Waals surface area contributed by atoms with Gasteiger partial charge in [0, 0.05) is 36.8 Å². The maximum atomic E-state index is 12.3. The van der Waals surface area contributed by atoms with Crippen LogP contribution in [-0.4, -0.2) is 23.5 Å². The van der Waals surface area contributed by atoms with Gasteiger partial charge in [-0.05, 0) is 17.7 Å². The van der Waals surface area contributed by atoms with Crippen molar-refractivity contribution in [1.29, 1.82) is 0 Å². The third kappa shape index (κ3) is 3.21. The first kappa shape index (κ1) is 14.8. The Morgan fingerprint density at radius 1 is 1.41 bits per heavy atom. The minimum Gasteiger partial charge on any atom is -0.339 e. The van der Waals surface area contributed by atoms with Gasteiger partial charge in [-0.1, -0.05) is 11.2 Å². The van der Waals surface area contributed by atoms with Crippen molar-refractivity contribution < 1.29 is 12.9 Å². The molecule has 1 N–H and O–H groups in total. The van der Waals surface area contributed by atoms with Gasteiger partial charge in [0.15, 0.2) is 0 Å². The largest absolute Gasteiger partial charge is 0.339 e. The number of thiophene rings is 1. The number of hydrogen-bond donors (Lipinski definition) is 1. The molecule has 0 spiro atoms. The molecule has 0 saturated heterocycles. The van der Waals surface area contributed by atoms with Crippen LogP contribution in [-0.2, 0) is 16.6 Å². The van der Waals surface area contributed by atoms with E-state index in [-0.39, 0.29) is 10.8 Å². The summed E-state index contributed by atoms with van der Waals surface area (Å²) in [7, 11) is -3.58. The fraction of sp³-hybridized carbons (Fsp3) is 0.154. The number of sulfonamides is 1. The first-order valence-corrected chi connectivity index (χ1v) is 8.69. The van der Waals surface area contributed by atoms with Crippen LogP contribution in [0.5, 0.6) is 0 Å². The maximum absolute atomic E-state index is 12.3. The topological polar surface area (TPSA) is 98.0 Å². The van der Waals surface area contributed by atoms with Crippen molar-refractivity contribution in [3.8, 4) is 11.4 Å². The second-order valence-corrected chi connectivity index (χ2v) is 7.38. The average Bonchev–Trinajstić information content (AvgIpc) is 3.15. The monoisotopic (exact) mass is 336 g/mol. The van der Waals surface area contributed by atoms with E-state index in [2.05, 4.69) is 19.8 Å². The highest BCUT2D eigenvalue weighted by molar-refractivity contribution is 7.91. The molecule has 0 fully saturated rings. The molecule has 9 heteroatoms. The van der Waals surface area contributed by atoms with Crippen LogP contribution < -0.4 is 4.72 Å². The molecule has 0 unspecified atom stereocenters. The molecule has 3 aromatic heterocycles. The standard InChI is InChI=1S/C13H12N4O3S2/c1-9-16-13(17-20-9)11-5-12(21-8-11)22(18,19)15-7-10-3-2-4-14-6-10/h2-6,8,15H,7H2,1H3. The summed E-state index contributed by atoms with van der Waals surface area (Å²) >= 11 is 1.11. The van der Waals surface area contributed by atoms with E-state index in [1.807, 2.05) is 0 Å². The van der Waals surface area contributed by atoms with Crippen LogP contribution in [0.1, 0.15) is 11.5 Å². The average molecular weight is 336 g/mol. The number of nitrogens with one attached hydrogen (secondary N) is 1. The van der Waals surface area contributed by atoms with Crippen molar-refractivity contribution in [2.75, 3.05) is 0 Å². The highest BCUT2D eigenvalue weighted by Gasteiger charge is 2.18.